The molecule has 0 aromatic heterocycles. The zero-order valence-electron chi connectivity index (χ0n) is 10.3. The van der Waals surface area contributed by atoms with Gasteiger partial charge in [-0.1, -0.05) is 6.07 Å². The molecule has 0 unspecified atom stereocenters. The summed E-state index contributed by atoms with van der Waals surface area (Å²) in [4.78, 5) is 0. The molecule has 0 radical (unpaired) electrons. The first-order valence-corrected chi connectivity index (χ1v) is 7.78. The third kappa shape index (κ3) is 2.08. The number of fused-ring (bicyclic) bond motifs is 2. The van der Waals surface area contributed by atoms with E-state index in [4.69, 9.17) is 0 Å². The molecule has 1 aromatic rings. The van der Waals surface area contributed by atoms with E-state index in [-0.39, 0.29) is 0 Å². The predicted molar refractivity (Wildman–Crippen MR) is 81.0 cm³/mol. The Kier molecular flexibility index (Phi) is 3.30. The molecule has 0 aliphatic heterocycles. The molecule has 3 heteroatoms. The van der Waals surface area contributed by atoms with Crippen molar-refractivity contribution < 1.29 is 0 Å². The SMILES string of the molecule is CN[C@@H](I)Nc1c2c(cc3c1CCC3)CCC2. The van der Waals surface area contributed by atoms with Crippen LogP contribution in [0.3, 0.4) is 0 Å². The molecule has 2 aliphatic carbocycles. The van der Waals surface area contributed by atoms with Gasteiger partial charge in [-0.25, -0.2) is 0 Å². The molecule has 0 saturated heterocycles. The Bertz CT molecular complexity index is 410. The Labute approximate surface area is 117 Å². The van der Waals surface area contributed by atoms with Gasteiger partial charge < -0.3 is 5.32 Å². The second kappa shape index (κ2) is 4.76. The maximum atomic E-state index is 3.67. The van der Waals surface area contributed by atoms with Crippen LogP contribution in [-0.4, -0.2) is 11.2 Å². The summed E-state index contributed by atoms with van der Waals surface area (Å²) in [7, 11) is 2.01. The van der Waals surface area contributed by atoms with E-state index >= 15 is 0 Å². The van der Waals surface area contributed by atoms with Crippen LogP contribution in [0, 0.1) is 0 Å². The van der Waals surface area contributed by atoms with E-state index in [0.29, 0.717) is 4.17 Å². The molecule has 0 saturated carbocycles. The van der Waals surface area contributed by atoms with Gasteiger partial charge in [-0.15, -0.1) is 0 Å². The molecule has 0 heterocycles. The Morgan fingerprint density at radius 1 is 1.06 bits per heavy atom. The van der Waals surface area contributed by atoms with Crippen LogP contribution < -0.4 is 10.6 Å². The molecular weight excluding hydrogens is 323 g/mol. The van der Waals surface area contributed by atoms with Crippen LogP contribution in [0.25, 0.3) is 0 Å². The maximum absolute atomic E-state index is 3.67. The minimum absolute atomic E-state index is 0.324. The standard InChI is InChI=1S/C14H19IN2/c1-16-14(15)17-13-11-6-2-4-9(11)8-10-5-3-7-12(10)13/h8,14,16-17H,2-7H2,1H3/t14-/m1/s1. The first-order chi connectivity index (χ1) is 8.29. The van der Waals surface area contributed by atoms with Crippen molar-refractivity contribution in [3.05, 3.63) is 28.3 Å². The van der Waals surface area contributed by atoms with Crippen LogP contribution in [0.2, 0.25) is 0 Å². The molecule has 0 bridgehead atoms. The molecule has 2 aliphatic rings. The number of hydrogen-bond donors (Lipinski definition) is 2. The fraction of sp³-hybridized carbons (Fsp3) is 0.571. The maximum Gasteiger partial charge on any atom is 0.130 e. The highest BCUT2D eigenvalue weighted by atomic mass is 127. The number of hydrogen-bond acceptors (Lipinski definition) is 2. The predicted octanol–water partition coefficient (Wildman–Crippen LogP) is 3.01. The third-order valence-corrected chi connectivity index (χ3v) is 4.93. The summed E-state index contributed by atoms with van der Waals surface area (Å²) in [5, 5.41) is 6.94. The number of anilines is 1. The van der Waals surface area contributed by atoms with Gasteiger partial charge >= 0.3 is 0 Å². The van der Waals surface area contributed by atoms with Crippen LogP contribution in [0.5, 0.6) is 0 Å². The molecular formula is C14H19IN2. The summed E-state index contributed by atoms with van der Waals surface area (Å²) in [5.41, 5.74) is 7.87. The number of nitrogens with one attached hydrogen (secondary N) is 2. The Balaban J connectivity index is 2.05. The average Bonchev–Trinajstić information content (AvgIpc) is 2.96. The van der Waals surface area contributed by atoms with Gasteiger partial charge in [-0.2, -0.15) is 0 Å². The van der Waals surface area contributed by atoms with E-state index in [0.717, 1.165) is 0 Å². The van der Waals surface area contributed by atoms with Crippen molar-refractivity contribution in [2.75, 3.05) is 12.4 Å². The van der Waals surface area contributed by atoms with E-state index in [9.17, 15) is 0 Å². The lowest BCUT2D eigenvalue weighted by Crippen LogP contribution is -2.27. The summed E-state index contributed by atoms with van der Waals surface area (Å²) in [6.45, 7) is 0. The largest absolute Gasteiger partial charge is 0.361 e. The van der Waals surface area contributed by atoms with E-state index in [1.807, 2.05) is 7.05 Å². The van der Waals surface area contributed by atoms with Crippen molar-refractivity contribution in [1.29, 1.82) is 0 Å². The lowest BCUT2D eigenvalue weighted by Gasteiger charge is -2.20. The normalized spacial score (nSPS) is 18.9. The third-order valence-electron chi connectivity index (χ3n) is 4.00. The molecule has 0 amide bonds. The van der Waals surface area contributed by atoms with Gasteiger partial charge in [-0.3, -0.25) is 5.32 Å². The van der Waals surface area contributed by atoms with Crippen molar-refractivity contribution in [2.24, 2.45) is 0 Å². The highest BCUT2D eigenvalue weighted by molar-refractivity contribution is 14.1. The van der Waals surface area contributed by atoms with Crippen LogP contribution >= 0.6 is 22.6 Å². The molecule has 0 fully saturated rings. The average molecular weight is 342 g/mol. The molecule has 92 valence electrons. The van der Waals surface area contributed by atoms with Gasteiger partial charge in [0.1, 0.15) is 4.17 Å². The van der Waals surface area contributed by atoms with Crippen molar-refractivity contribution in [1.82, 2.24) is 5.32 Å². The Morgan fingerprint density at radius 2 is 1.65 bits per heavy atom. The van der Waals surface area contributed by atoms with Gasteiger partial charge in [0.15, 0.2) is 0 Å². The minimum atomic E-state index is 0.324. The monoisotopic (exact) mass is 342 g/mol. The molecule has 17 heavy (non-hydrogen) atoms. The van der Waals surface area contributed by atoms with Crippen molar-refractivity contribution in [2.45, 2.75) is 42.7 Å². The first-order valence-electron chi connectivity index (χ1n) is 6.54. The van der Waals surface area contributed by atoms with Gasteiger partial charge in [-0.05, 0) is 90.4 Å². The van der Waals surface area contributed by atoms with Gasteiger partial charge in [0, 0.05) is 5.69 Å². The van der Waals surface area contributed by atoms with Crippen molar-refractivity contribution in [3.63, 3.8) is 0 Å². The van der Waals surface area contributed by atoms with Gasteiger partial charge in [0.25, 0.3) is 0 Å². The molecule has 3 rings (SSSR count). The zero-order valence-corrected chi connectivity index (χ0v) is 12.4. The fourth-order valence-corrected chi connectivity index (χ4v) is 3.50. The molecule has 1 aromatic carbocycles. The summed E-state index contributed by atoms with van der Waals surface area (Å²) in [5.74, 6) is 0. The number of aryl methyl sites for hydroxylation is 2. The lowest BCUT2D eigenvalue weighted by molar-refractivity contribution is 0.838. The molecule has 1 atom stereocenters. The fourth-order valence-electron chi connectivity index (χ4n) is 3.19. The second-order valence-corrected chi connectivity index (χ2v) is 6.28. The molecule has 2 nitrogen and oxygen atoms in total. The van der Waals surface area contributed by atoms with Crippen molar-refractivity contribution >= 4 is 28.3 Å². The van der Waals surface area contributed by atoms with Gasteiger partial charge in [0.05, 0.1) is 0 Å². The smallest absolute Gasteiger partial charge is 0.130 e. The van der Waals surface area contributed by atoms with Crippen LogP contribution in [0.4, 0.5) is 5.69 Å². The summed E-state index contributed by atoms with van der Waals surface area (Å²) in [6, 6.07) is 2.48. The molecule has 2 N–H and O–H groups in total. The summed E-state index contributed by atoms with van der Waals surface area (Å²) in [6.07, 6.45) is 7.75. The number of alkyl halides is 1. The van der Waals surface area contributed by atoms with Crippen molar-refractivity contribution in [3.8, 4) is 0 Å². The van der Waals surface area contributed by atoms with Crippen LogP contribution in [-0.2, 0) is 25.7 Å². The van der Waals surface area contributed by atoms with Crippen LogP contribution in [0.15, 0.2) is 6.07 Å². The zero-order chi connectivity index (χ0) is 11.8. The quantitative estimate of drug-likeness (QED) is 0.382. The number of halogens is 1. The minimum Gasteiger partial charge on any atom is -0.361 e. The van der Waals surface area contributed by atoms with E-state index < -0.39 is 0 Å². The van der Waals surface area contributed by atoms with Crippen LogP contribution in [0.1, 0.15) is 35.1 Å². The van der Waals surface area contributed by atoms with Gasteiger partial charge in [0.2, 0.25) is 0 Å². The first kappa shape index (κ1) is 11.8. The lowest BCUT2D eigenvalue weighted by atomic mass is 9.99. The highest BCUT2D eigenvalue weighted by Gasteiger charge is 2.24. The number of benzene rings is 1. The highest BCUT2D eigenvalue weighted by Crippen LogP contribution is 2.38. The topological polar surface area (TPSA) is 24.1 Å². The number of rotatable bonds is 3. The Morgan fingerprint density at radius 3 is 2.18 bits per heavy atom. The Hall–Kier alpha value is -0.290. The summed E-state index contributed by atoms with van der Waals surface area (Å²) >= 11 is 2.42. The summed E-state index contributed by atoms with van der Waals surface area (Å²) < 4.78 is 0.324. The molecule has 0 spiro atoms. The van der Waals surface area contributed by atoms with E-state index in [1.165, 1.54) is 44.2 Å². The van der Waals surface area contributed by atoms with E-state index in [2.05, 4.69) is 39.3 Å². The second-order valence-electron chi connectivity index (χ2n) is 5.03. The van der Waals surface area contributed by atoms with E-state index in [1.54, 1.807) is 22.3 Å².